The summed E-state index contributed by atoms with van der Waals surface area (Å²) < 4.78 is 5.54. The Morgan fingerprint density at radius 3 is 2.72 bits per heavy atom. The van der Waals surface area contributed by atoms with Crippen LogP contribution in [-0.2, 0) is 11.3 Å². The maximum absolute atomic E-state index is 9.65. The van der Waals surface area contributed by atoms with E-state index in [0.29, 0.717) is 6.61 Å². The van der Waals surface area contributed by atoms with Crippen molar-refractivity contribution in [2.45, 2.75) is 19.4 Å². The van der Waals surface area contributed by atoms with Crippen molar-refractivity contribution < 1.29 is 9.84 Å². The molecule has 1 aromatic carbocycles. The highest BCUT2D eigenvalue weighted by Crippen LogP contribution is 2.29. The molecule has 1 aromatic rings. The highest BCUT2D eigenvalue weighted by Gasteiger charge is 2.33. The molecule has 3 nitrogen and oxygen atoms in total. The third kappa shape index (κ3) is 3.55. The average Bonchev–Trinajstić information content (AvgIpc) is 2.41. The molecule has 1 fully saturated rings. The van der Waals surface area contributed by atoms with Gasteiger partial charge >= 0.3 is 0 Å². The van der Waals surface area contributed by atoms with Crippen LogP contribution in [0, 0.1) is 5.41 Å². The monoisotopic (exact) mass is 249 g/mol. The maximum Gasteiger partial charge on any atom is 0.0556 e. The van der Waals surface area contributed by atoms with Gasteiger partial charge < -0.3 is 14.7 Å². The molecular formula is C15H23NO2. The topological polar surface area (TPSA) is 32.7 Å². The summed E-state index contributed by atoms with van der Waals surface area (Å²) in [5, 5.41) is 9.65. The van der Waals surface area contributed by atoms with Crippen LogP contribution in [0.1, 0.15) is 18.4 Å². The molecule has 0 spiro atoms. The lowest BCUT2D eigenvalue weighted by atomic mass is 9.83. The van der Waals surface area contributed by atoms with Crippen molar-refractivity contribution in [2.75, 3.05) is 33.4 Å². The molecule has 1 atom stereocenters. The van der Waals surface area contributed by atoms with Crippen LogP contribution >= 0.6 is 0 Å². The van der Waals surface area contributed by atoms with Crippen molar-refractivity contribution in [1.29, 1.82) is 0 Å². The second kappa shape index (κ2) is 6.32. The lowest BCUT2D eigenvalue weighted by molar-refractivity contribution is -0.0531. The Bertz CT molecular complexity index is 347. The number of benzene rings is 1. The third-order valence-corrected chi connectivity index (χ3v) is 3.64. The number of hydrogen-bond acceptors (Lipinski definition) is 3. The lowest BCUT2D eigenvalue weighted by Crippen LogP contribution is -2.44. The van der Waals surface area contributed by atoms with Gasteiger partial charge in [0.25, 0.3) is 0 Å². The summed E-state index contributed by atoms with van der Waals surface area (Å²) >= 11 is 0. The van der Waals surface area contributed by atoms with E-state index in [1.54, 1.807) is 0 Å². The van der Waals surface area contributed by atoms with Gasteiger partial charge in [0, 0.05) is 25.1 Å². The van der Waals surface area contributed by atoms with Crippen molar-refractivity contribution in [3.63, 3.8) is 0 Å². The minimum atomic E-state index is -0.0677. The molecule has 0 amide bonds. The van der Waals surface area contributed by atoms with Gasteiger partial charge in [-0.15, -0.1) is 0 Å². The Morgan fingerprint density at radius 2 is 2.11 bits per heavy atom. The van der Waals surface area contributed by atoms with Crippen LogP contribution < -0.4 is 0 Å². The zero-order chi connectivity index (χ0) is 12.8. The predicted octanol–water partition coefficient (Wildman–Crippen LogP) is 1.91. The van der Waals surface area contributed by atoms with E-state index in [4.69, 9.17) is 4.74 Å². The van der Waals surface area contributed by atoms with Gasteiger partial charge in [0.05, 0.1) is 13.2 Å². The van der Waals surface area contributed by atoms with E-state index in [9.17, 15) is 5.11 Å². The lowest BCUT2D eigenvalue weighted by Gasteiger charge is -2.38. The number of ether oxygens (including phenoxy) is 1. The summed E-state index contributed by atoms with van der Waals surface area (Å²) in [5.74, 6) is 0. The van der Waals surface area contributed by atoms with Gasteiger partial charge in [0.15, 0.2) is 0 Å². The molecule has 100 valence electrons. The number of hydrogen-bond donors (Lipinski definition) is 1. The zero-order valence-electron chi connectivity index (χ0n) is 11.1. The third-order valence-electron chi connectivity index (χ3n) is 3.64. The Labute approximate surface area is 109 Å². The molecule has 0 radical (unpaired) electrons. The van der Waals surface area contributed by atoms with E-state index < -0.39 is 0 Å². The molecule has 0 bridgehead atoms. The zero-order valence-corrected chi connectivity index (χ0v) is 11.1. The van der Waals surface area contributed by atoms with Crippen LogP contribution in [0.25, 0.3) is 0 Å². The maximum atomic E-state index is 9.65. The molecule has 0 saturated carbocycles. The summed E-state index contributed by atoms with van der Waals surface area (Å²) in [5.41, 5.74) is 1.24. The molecule has 2 rings (SSSR count). The fourth-order valence-corrected chi connectivity index (χ4v) is 2.73. The Hall–Kier alpha value is -0.900. The Balaban J connectivity index is 1.91. The minimum absolute atomic E-state index is 0.0677. The van der Waals surface area contributed by atoms with Gasteiger partial charge in [-0.2, -0.15) is 0 Å². The van der Waals surface area contributed by atoms with Crippen molar-refractivity contribution in [2.24, 2.45) is 5.41 Å². The van der Waals surface area contributed by atoms with E-state index >= 15 is 0 Å². The van der Waals surface area contributed by atoms with E-state index in [1.807, 2.05) is 6.07 Å². The largest absolute Gasteiger partial charge is 0.396 e. The van der Waals surface area contributed by atoms with E-state index in [0.717, 1.165) is 32.5 Å². The standard InChI is InChI=1S/C15H23NO2/c1-16(10-14-6-3-2-4-7-14)11-15(12-17)8-5-9-18-13-15/h2-4,6-7,17H,5,8-13H2,1H3. The molecule has 1 aliphatic rings. The summed E-state index contributed by atoms with van der Waals surface area (Å²) in [6, 6.07) is 10.4. The molecular weight excluding hydrogens is 226 g/mol. The normalized spacial score (nSPS) is 24.4. The molecule has 1 saturated heterocycles. The van der Waals surface area contributed by atoms with Crippen LogP contribution in [0.15, 0.2) is 30.3 Å². The minimum Gasteiger partial charge on any atom is -0.396 e. The number of aliphatic hydroxyl groups excluding tert-OH is 1. The van der Waals surface area contributed by atoms with Gasteiger partial charge in [-0.1, -0.05) is 30.3 Å². The van der Waals surface area contributed by atoms with Crippen LogP contribution in [0.4, 0.5) is 0 Å². The van der Waals surface area contributed by atoms with E-state index in [2.05, 4.69) is 36.2 Å². The molecule has 0 aliphatic carbocycles. The van der Waals surface area contributed by atoms with Crippen LogP contribution in [-0.4, -0.2) is 43.4 Å². The average molecular weight is 249 g/mol. The SMILES string of the molecule is CN(Cc1ccccc1)CC1(CO)CCCOC1. The van der Waals surface area contributed by atoms with E-state index in [1.165, 1.54) is 5.56 Å². The first-order valence-electron chi connectivity index (χ1n) is 6.65. The number of aliphatic hydroxyl groups is 1. The summed E-state index contributed by atoms with van der Waals surface area (Å²) in [6.07, 6.45) is 2.11. The first-order chi connectivity index (χ1) is 8.74. The Morgan fingerprint density at radius 1 is 1.33 bits per heavy atom. The summed E-state index contributed by atoms with van der Waals surface area (Å²) in [6.45, 7) is 3.54. The second-order valence-corrected chi connectivity index (χ2v) is 5.47. The van der Waals surface area contributed by atoms with Gasteiger partial charge in [0.1, 0.15) is 0 Å². The predicted molar refractivity (Wildman–Crippen MR) is 72.3 cm³/mol. The van der Waals surface area contributed by atoms with Crippen molar-refractivity contribution in [3.8, 4) is 0 Å². The molecule has 1 aliphatic heterocycles. The fourth-order valence-electron chi connectivity index (χ4n) is 2.73. The first kappa shape index (κ1) is 13.5. The smallest absolute Gasteiger partial charge is 0.0556 e. The van der Waals surface area contributed by atoms with Crippen molar-refractivity contribution >= 4 is 0 Å². The summed E-state index contributed by atoms with van der Waals surface area (Å²) in [4.78, 5) is 2.28. The quantitative estimate of drug-likeness (QED) is 0.865. The fraction of sp³-hybridized carbons (Fsp3) is 0.600. The van der Waals surface area contributed by atoms with Gasteiger partial charge in [-0.05, 0) is 25.5 Å². The molecule has 1 N–H and O–H groups in total. The van der Waals surface area contributed by atoms with E-state index in [-0.39, 0.29) is 12.0 Å². The number of rotatable bonds is 5. The Kier molecular flexibility index (Phi) is 4.75. The van der Waals surface area contributed by atoms with Crippen LogP contribution in [0.3, 0.4) is 0 Å². The first-order valence-corrected chi connectivity index (χ1v) is 6.65. The molecule has 0 aromatic heterocycles. The van der Waals surface area contributed by atoms with Crippen LogP contribution in [0.2, 0.25) is 0 Å². The van der Waals surface area contributed by atoms with Crippen molar-refractivity contribution in [1.82, 2.24) is 4.90 Å². The molecule has 1 heterocycles. The second-order valence-electron chi connectivity index (χ2n) is 5.47. The van der Waals surface area contributed by atoms with Crippen LogP contribution in [0.5, 0.6) is 0 Å². The highest BCUT2D eigenvalue weighted by atomic mass is 16.5. The molecule has 1 unspecified atom stereocenters. The molecule has 18 heavy (non-hydrogen) atoms. The van der Waals surface area contributed by atoms with Gasteiger partial charge in [0.2, 0.25) is 0 Å². The van der Waals surface area contributed by atoms with Crippen molar-refractivity contribution in [3.05, 3.63) is 35.9 Å². The molecule has 3 heteroatoms. The number of nitrogens with zero attached hydrogens (tertiary/aromatic N) is 1. The van der Waals surface area contributed by atoms with Gasteiger partial charge in [-0.25, -0.2) is 0 Å². The highest BCUT2D eigenvalue weighted by molar-refractivity contribution is 5.14. The van der Waals surface area contributed by atoms with Gasteiger partial charge in [-0.3, -0.25) is 0 Å². The summed E-state index contributed by atoms with van der Waals surface area (Å²) in [7, 11) is 2.11.